The Kier molecular flexibility index (Phi) is 4.85. The summed E-state index contributed by atoms with van der Waals surface area (Å²) in [7, 11) is 0. The second-order valence-corrected chi connectivity index (χ2v) is 3.17. The SMILES string of the molecule is CCC(Br)C(=O)NCC(N)=O. The Balaban J connectivity index is 3.60. The molecule has 4 nitrogen and oxygen atoms in total. The fourth-order valence-corrected chi connectivity index (χ4v) is 0.632. The van der Waals surface area contributed by atoms with Crippen molar-refractivity contribution in [2.75, 3.05) is 6.54 Å². The van der Waals surface area contributed by atoms with Crippen LogP contribution in [0.2, 0.25) is 0 Å². The van der Waals surface area contributed by atoms with Crippen molar-refractivity contribution < 1.29 is 9.59 Å². The number of rotatable bonds is 4. The van der Waals surface area contributed by atoms with Gasteiger partial charge >= 0.3 is 0 Å². The Morgan fingerprint density at radius 1 is 1.64 bits per heavy atom. The van der Waals surface area contributed by atoms with E-state index in [-0.39, 0.29) is 17.3 Å². The van der Waals surface area contributed by atoms with Gasteiger partial charge in [0.25, 0.3) is 0 Å². The molecule has 3 N–H and O–H groups in total. The number of amides is 2. The smallest absolute Gasteiger partial charge is 0.236 e. The lowest BCUT2D eigenvalue weighted by molar-refractivity contribution is -0.124. The van der Waals surface area contributed by atoms with E-state index in [0.717, 1.165) is 0 Å². The summed E-state index contributed by atoms with van der Waals surface area (Å²) in [6, 6.07) is 0. The Morgan fingerprint density at radius 2 is 2.18 bits per heavy atom. The number of carbonyl (C=O) groups is 2. The van der Waals surface area contributed by atoms with Crippen LogP contribution in [0.15, 0.2) is 0 Å². The summed E-state index contributed by atoms with van der Waals surface area (Å²) in [6.07, 6.45) is 0.685. The first-order valence-electron chi connectivity index (χ1n) is 3.28. The van der Waals surface area contributed by atoms with Gasteiger partial charge in [-0.1, -0.05) is 22.9 Å². The maximum atomic E-state index is 10.9. The van der Waals surface area contributed by atoms with Crippen LogP contribution in [-0.4, -0.2) is 23.2 Å². The van der Waals surface area contributed by atoms with Crippen molar-refractivity contribution in [3.8, 4) is 0 Å². The summed E-state index contributed by atoms with van der Waals surface area (Å²) in [5, 5.41) is 2.37. The van der Waals surface area contributed by atoms with Gasteiger partial charge in [-0.05, 0) is 6.42 Å². The minimum atomic E-state index is -0.533. The molecule has 0 aromatic rings. The second kappa shape index (κ2) is 5.12. The summed E-state index contributed by atoms with van der Waals surface area (Å²) < 4.78 is 0. The average Bonchev–Trinajstić information content (AvgIpc) is 1.98. The Hall–Kier alpha value is -0.580. The molecular weight excluding hydrogens is 212 g/mol. The molecule has 0 fully saturated rings. The van der Waals surface area contributed by atoms with E-state index in [0.29, 0.717) is 6.42 Å². The van der Waals surface area contributed by atoms with E-state index in [2.05, 4.69) is 21.2 Å². The molecule has 1 unspecified atom stereocenters. The van der Waals surface area contributed by atoms with Crippen LogP contribution in [0.3, 0.4) is 0 Å². The third-order valence-electron chi connectivity index (χ3n) is 1.08. The van der Waals surface area contributed by atoms with Gasteiger partial charge in [0.05, 0.1) is 11.4 Å². The van der Waals surface area contributed by atoms with Gasteiger partial charge in [0, 0.05) is 0 Å². The van der Waals surface area contributed by atoms with E-state index in [1.165, 1.54) is 0 Å². The highest BCUT2D eigenvalue weighted by Crippen LogP contribution is 2.02. The quantitative estimate of drug-likeness (QED) is 0.645. The van der Waals surface area contributed by atoms with Crippen molar-refractivity contribution in [1.82, 2.24) is 5.32 Å². The summed E-state index contributed by atoms with van der Waals surface area (Å²) >= 11 is 3.13. The van der Waals surface area contributed by atoms with Crippen LogP contribution in [0, 0.1) is 0 Å². The van der Waals surface area contributed by atoms with Crippen molar-refractivity contribution in [3.63, 3.8) is 0 Å². The molecule has 2 amide bonds. The molecule has 0 spiro atoms. The highest BCUT2D eigenvalue weighted by molar-refractivity contribution is 9.10. The lowest BCUT2D eigenvalue weighted by Gasteiger charge is -2.05. The van der Waals surface area contributed by atoms with E-state index in [1.54, 1.807) is 0 Å². The standard InChI is InChI=1S/C6H11BrN2O2/c1-2-4(7)6(11)9-3-5(8)10/h4H,2-3H2,1H3,(H2,8,10)(H,9,11). The fourth-order valence-electron chi connectivity index (χ4n) is 0.470. The molecule has 1 atom stereocenters. The largest absolute Gasteiger partial charge is 0.368 e. The fraction of sp³-hybridized carbons (Fsp3) is 0.667. The Morgan fingerprint density at radius 3 is 2.55 bits per heavy atom. The van der Waals surface area contributed by atoms with Gasteiger partial charge < -0.3 is 11.1 Å². The van der Waals surface area contributed by atoms with Crippen molar-refractivity contribution in [2.45, 2.75) is 18.2 Å². The number of nitrogens with two attached hydrogens (primary N) is 1. The number of primary amides is 1. The van der Waals surface area contributed by atoms with Crippen LogP contribution < -0.4 is 11.1 Å². The second-order valence-electron chi connectivity index (χ2n) is 2.06. The molecular formula is C6H11BrN2O2. The van der Waals surface area contributed by atoms with E-state index in [1.807, 2.05) is 6.92 Å². The molecule has 0 heterocycles. The summed E-state index contributed by atoms with van der Waals surface area (Å²) in [5.74, 6) is -0.736. The molecule has 0 aromatic heterocycles. The van der Waals surface area contributed by atoms with E-state index < -0.39 is 5.91 Å². The van der Waals surface area contributed by atoms with Crippen LogP contribution in [0.4, 0.5) is 0 Å². The third-order valence-corrected chi connectivity index (χ3v) is 2.14. The lowest BCUT2D eigenvalue weighted by atomic mass is 10.3. The zero-order valence-electron chi connectivity index (χ0n) is 6.26. The van der Waals surface area contributed by atoms with Gasteiger partial charge in [0.15, 0.2) is 0 Å². The predicted octanol–water partition coefficient (Wildman–Crippen LogP) is -0.239. The van der Waals surface area contributed by atoms with Crippen LogP contribution in [0.25, 0.3) is 0 Å². The molecule has 0 bridgehead atoms. The first kappa shape index (κ1) is 10.4. The van der Waals surface area contributed by atoms with E-state index in [4.69, 9.17) is 5.73 Å². The Bertz CT molecular complexity index is 161. The lowest BCUT2D eigenvalue weighted by Crippen LogP contribution is -2.37. The molecule has 0 aliphatic rings. The molecule has 0 rings (SSSR count). The molecule has 5 heteroatoms. The van der Waals surface area contributed by atoms with Crippen molar-refractivity contribution in [1.29, 1.82) is 0 Å². The van der Waals surface area contributed by atoms with Gasteiger partial charge in [-0.3, -0.25) is 9.59 Å². The zero-order chi connectivity index (χ0) is 8.85. The minimum absolute atomic E-state index is 0.0963. The first-order valence-corrected chi connectivity index (χ1v) is 4.19. The molecule has 0 aliphatic carbocycles. The zero-order valence-corrected chi connectivity index (χ0v) is 7.85. The summed E-state index contributed by atoms with van der Waals surface area (Å²) in [6.45, 7) is 1.77. The Labute approximate surface area is 73.6 Å². The molecule has 0 aromatic carbocycles. The van der Waals surface area contributed by atoms with Crippen molar-refractivity contribution >= 4 is 27.7 Å². The maximum Gasteiger partial charge on any atom is 0.236 e. The van der Waals surface area contributed by atoms with Gasteiger partial charge in [-0.25, -0.2) is 0 Å². The maximum absolute atomic E-state index is 10.9. The number of hydrogen-bond acceptors (Lipinski definition) is 2. The number of hydrogen-bond donors (Lipinski definition) is 2. The molecule has 11 heavy (non-hydrogen) atoms. The van der Waals surface area contributed by atoms with Crippen LogP contribution in [0.1, 0.15) is 13.3 Å². The number of nitrogens with one attached hydrogen (secondary N) is 1. The van der Waals surface area contributed by atoms with Gasteiger partial charge in [0.2, 0.25) is 11.8 Å². The van der Waals surface area contributed by atoms with E-state index in [9.17, 15) is 9.59 Å². The molecule has 64 valence electrons. The van der Waals surface area contributed by atoms with Crippen molar-refractivity contribution in [2.24, 2.45) is 5.73 Å². The number of halogens is 1. The first-order chi connectivity index (χ1) is 5.07. The topological polar surface area (TPSA) is 72.2 Å². The highest BCUT2D eigenvalue weighted by atomic mass is 79.9. The highest BCUT2D eigenvalue weighted by Gasteiger charge is 2.11. The van der Waals surface area contributed by atoms with Gasteiger partial charge in [0.1, 0.15) is 0 Å². The normalized spacial score (nSPS) is 12.2. The predicted molar refractivity (Wildman–Crippen MR) is 45.2 cm³/mol. The van der Waals surface area contributed by atoms with Crippen LogP contribution >= 0.6 is 15.9 Å². The third kappa shape index (κ3) is 4.78. The summed E-state index contributed by atoms with van der Waals surface area (Å²) in [4.78, 5) is 20.9. The van der Waals surface area contributed by atoms with E-state index >= 15 is 0 Å². The molecule has 0 saturated heterocycles. The average molecular weight is 223 g/mol. The molecule has 0 saturated carbocycles. The van der Waals surface area contributed by atoms with Crippen LogP contribution in [-0.2, 0) is 9.59 Å². The monoisotopic (exact) mass is 222 g/mol. The number of carbonyl (C=O) groups excluding carboxylic acids is 2. The van der Waals surface area contributed by atoms with Crippen molar-refractivity contribution in [3.05, 3.63) is 0 Å². The minimum Gasteiger partial charge on any atom is -0.368 e. The van der Waals surface area contributed by atoms with Crippen LogP contribution in [0.5, 0.6) is 0 Å². The summed E-state index contributed by atoms with van der Waals surface area (Å²) in [5.41, 5.74) is 4.81. The molecule has 0 aliphatic heterocycles. The number of alkyl halides is 1. The molecule has 0 radical (unpaired) electrons. The van der Waals surface area contributed by atoms with Gasteiger partial charge in [-0.2, -0.15) is 0 Å². The van der Waals surface area contributed by atoms with Gasteiger partial charge in [-0.15, -0.1) is 0 Å².